The molecule has 0 aromatic rings. The summed E-state index contributed by atoms with van der Waals surface area (Å²) in [6.07, 6.45) is 2.06. The molecule has 2 amide bonds. The second kappa shape index (κ2) is 8.52. The summed E-state index contributed by atoms with van der Waals surface area (Å²) in [7, 11) is -2.84. The van der Waals surface area contributed by atoms with Crippen molar-refractivity contribution >= 4 is 29.3 Å². The monoisotopic (exact) mass is 300 g/mol. The number of primary amides is 1. The average molecular weight is 301 g/mol. The number of nitrogens with zero attached hydrogens (tertiary/aromatic N) is 1. The molecule has 1 heterocycles. The van der Waals surface area contributed by atoms with E-state index in [1.165, 1.54) is 0 Å². The molecule has 0 radical (unpaired) electrons. The zero-order valence-corrected chi connectivity index (χ0v) is 12.0. The van der Waals surface area contributed by atoms with Crippen LogP contribution in [0, 0.1) is 11.8 Å². The van der Waals surface area contributed by atoms with Crippen molar-refractivity contribution in [3.8, 4) is 0 Å². The fourth-order valence-electron chi connectivity index (χ4n) is 2.12. The predicted octanol–water partition coefficient (Wildman–Crippen LogP) is -0.544. The molecule has 1 saturated heterocycles. The quantitative estimate of drug-likeness (QED) is 0.404. The van der Waals surface area contributed by atoms with E-state index in [1.54, 1.807) is 0 Å². The van der Waals surface area contributed by atoms with Gasteiger partial charge < -0.3 is 11.1 Å². The molecule has 0 aromatic carbocycles. The number of carbonyl (C=O) groups excluding carboxylic acids is 1. The third-order valence-corrected chi connectivity index (χ3v) is 3.74. The highest BCUT2D eigenvalue weighted by Crippen LogP contribution is 2.22. The molecular formula is C9H21ClN4O3S. The molecule has 1 fully saturated rings. The first-order valence-corrected chi connectivity index (χ1v) is 6.82. The summed E-state index contributed by atoms with van der Waals surface area (Å²) in [5.74, 6) is 0.667. The number of halogens is 1. The summed E-state index contributed by atoms with van der Waals surface area (Å²) >= 11 is 0. The van der Waals surface area contributed by atoms with E-state index < -0.39 is 16.9 Å². The highest BCUT2D eigenvalue weighted by Gasteiger charge is 2.23. The van der Waals surface area contributed by atoms with Crippen molar-refractivity contribution in [2.45, 2.75) is 19.8 Å². The maximum atomic E-state index is 10.9. The van der Waals surface area contributed by atoms with Crippen molar-refractivity contribution in [1.82, 2.24) is 15.2 Å². The Hall–Kier alpha value is -0.570. The number of carbonyl (C=O) groups is 1. The van der Waals surface area contributed by atoms with Crippen LogP contribution in [-0.4, -0.2) is 38.5 Å². The average Bonchev–Trinajstić information content (AvgIpc) is 2.28. The van der Waals surface area contributed by atoms with E-state index in [1.807, 2.05) is 6.92 Å². The fraction of sp³-hybridized carbons (Fsp3) is 0.889. The lowest BCUT2D eigenvalue weighted by molar-refractivity contribution is 0.198. The van der Waals surface area contributed by atoms with Crippen molar-refractivity contribution < 1.29 is 13.2 Å². The number of piperidine rings is 1. The number of nitrogens with one attached hydrogen (secondary N) is 2. The number of hydrazine groups is 1. The number of thiol groups is 1. The molecule has 0 bridgehead atoms. The number of amides is 2. The summed E-state index contributed by atoms with van der Waals surface area (Å²) in [6.45, 7) is 4.18. The second-order valence-corrected chi connectivity index (χ2v) is 5.32. The minimum Gasteiger partial charge on any atom is -0.351 e. The van der Waals surface area contributed by atoms with Crippen molar-refractivity contribution in [1.29, 1.82) is 0 Å². The van der Waals surface area contributed by atoms with Gasteiger partial charge in [-0.2, -0.15) is 0 Å². The van der Waals surface area contributed by atoms with Crippen LogP contribution < -0.4 is 16.5 Å². The van der Waals surface area contributed by atoms with Gasteiger partial charge in [-0.15, -0.1) is 16.8 Å². The van der Waals surface area contributed by atoms with Crippen LogP contribution in [0.3, 0.4) is 0 Å². The summed E-state index contributed by atoms with van der Waals surface area (Å²) in [5, 5.41) is 3.26. The number of nitrogens with two attached hydrogens (primary N) is 1. The summed E-state index contributed by atoms with van der Waals surface area (Å²) < 4.78 is 22.8. The Balaban J connectivity index is 0.00000289. The third kappa shape index (κ3) is 5.85. The molecule has 18 heavy (non-hydrogen) atoms. The number of urea groups is 1. The molecule has 1 unspecified atom stereocenters. The Kier molecular flexibility index (Phi) is 8.25. The van der Waals surface area contributed by atoms with E-state index in [4.69, 9.17) is 5.73 Å². The molecular weight excluding hydrogens is 280 g/mol. The van der Waals surface area contributed by atoms with Gasteiger partial charge in [0.15, 0.2) is 0 Å². The lowest BCUT2D eigenvalue weighted by Gasteiger charge is -2.30. The highest BCUT2D eigenvalue weighted by atomic mass is 35.5. The van der Waals surface area contributed by atoms with Crippen molar-refractivity contribution in [3.05, 3.63) is 0 Å². The maximum absolute atomic E-state index is 10.9. The highest BCUT2D eigenvalue weighted by molar-refractivity contribution is 7.69. The minimum absolute atomic E-state index is 0. The van der Waals surface area contributed by atoms with E-state index in [0.29, 0.717) is 5.92 Å². The first-order chi connectivity index (χ1) is 8.00. The van der Waals surface area contributed by atoms with Crippen molar-refractivity contribution in [2.24, 2.45) is 17.6 Å². The minimum atomic E-state index is -2.84. The van der Waals surface area contributed by atoms with Crippen molar-refractivity contribution in [2.75, 3.05) is 19.6 Å². The van der Waals surface area contributed by atoms with Gasteiger partial charge in [0, 0.05) is 6.54 Å². The van der Waals surface area contributed by atoms with Crippen LogP contribution in [-0.2, 0) is 10.9 Å². The van der Waals surface area contributed by atoms with Crippen LogP contribution in [0.4, 0.5) is 4.79 Å². The van der Waals surface area contributed by atoms with E-state index in [9.17, 15) is 13.2 Å². The molecule has 1 atom stereocenters. The van der Waals surface area contributed by atoms with E-state index in [-0.39, 0.29) is 24.9 Å². The van der Waals surface area contributed by atoms with Crippen LogP contribution in [0.2, 0.25) is 0 Å². The van der Waals surface area contributed by atoms with Crippen LogP contribution in [0.25, 0.3) is 0 Å². The molecule has 1 rings (SSSR count). The fourth-order valence-corrected chi connectivity index (χ4v) is 2.69. The van der Waals surface area contributed by atoms with Gasteiger partial charge in [-0.1, -0.05) is 6.92 Å². The molecule has 1 aliphatic heterocycles. The Morgan fingerprint density at radius 3 is 2.50 bits per heavy atom. The maximum Gasteiger partial charge on any atom is 0.327 e. The Morgan fingerprint density at radius 2 is 2.06 bits per heavy atom. The molecule has 4 N–H and O–H groups in total. The number of rotatable bonds is 5. The lowest BCUT2D eigenvalue weighted by atomic mass is 9.86. The van der Waals surface area contributed by atoms with Crippen LogP contribution in [0.1, 0.15) is 19.8 Å². The second-order valence-electron chi connectivity index (χ2n) is 4.36. The molecule has 0 saturated carbocycles. The first-order valence-electron chi connectivity index (χ1n) is 5.69. The molecule has 9 heteroatoms. The van der Waals surface area contributed by atoms with Crippen LogP contribution in [0.15, 0.2) is 0 Å². The normalized spacial score (nSPS) is 18.4. The van der Waals surface area contributed by atoms with Gasteiger partial charge in [-0.3, -0.25) is 5.43 Å². The van der Waals surface area contributed by atoms with Gasteiger partial charge >= 0.3 is 6.03 Å². The standard InChI is InChI=1S/C9H20N4O3S.ClH/c1-7(8-2-4-11-5-3-8)6-13(17(15)16)12-9(10)14;/h7-8,11,17H,2-6H2,1H3,(H3,10,12,14);1H. The Labute approximate surface area is 115 Å². The summed E-state index contributed by atoms with van der Waals surface area (Å²) in [4.78, 5) is 10.7. The third-order valence-electron chi connectivity index (χ3n) is 3.09. The van der Waals surface area contributed by atoms with Gasteiger partial charge in [0.1, 0.15) is 0 Å². The van der Waals surface area contributed by atoms with Gasteiger partial charge in [-0.05, 0) is 37.8 Å². The zero-order valence-electron chi connectivity index (χ0n) is 10.3. The molecule has 0 aromatic heterocycles. The number of hydrogen-bond donors (Lipinski definition) is 4. The molecule has 7 nitrogen and oxygen atoms in total. The lowest BCUT2D eigenvalue weighted by Crippen LogP contribution is -2.47. The SMILES string of the molecule is CC(CN(NC(N)=O)[SH](=O)=O)C1CCNCC1.Cl. The molecule has 108 valence electrons. The molecule has 0 spiro atoms. The smallest absolute Gasteiger partial charge is 0.327 e. The zero-order chi connectivity index (χ0) is 12.8. The van der Waals surface area contributed by atoms with E-state index in [0.717, 1.165) is 30.3 Å². The summed E-state index contributed by atoms with van der Waals surface area (Å²) in [6, 6.07) is -0.860. The molecule has 0 aliphatic carbocycles. The van der Waals surface area contributed by atoms with Crippen LogP contribution >= 0.6 is 12.4 Å². The molecule has 1 aliphatic rings. The number of hydrogen-bond acceptors (Lipinski definition) is 4. The van der Waals surface area contributed by atoms with Gasteiger partial charge in [-0.25, -0.2) is 13.2 Å². The van der Waals surface area contributed by atoms with Gasteiger partial charge in [0.2, 0.25) is 10.9 Å². The van der Waals surface area contributed by atoms with E-state index in [2.05, 4.69) is 10.7 Å². The van der Waals surface area contributed by atoms with Crippen molar-refractivity contribution in [3.63, 3.8) is 0 Å². The largest absolute Gasteiger partial charge is 0.351 e. The van der Waals surface area contributed by atoms with Crippen LogP contribution in [0.5, 0.6) is 0 Å². The predicted molar refractivity (Wildman–Crippen MR) is 71.7 cm³/mol. The summed E-state index contributed by atoms with van der Waals surface area (Å²) in [5.41, 5.74) is 7.03. The topological polar surface area (TPSA) is 105 Å². The Bertz CT molecular complexity index is 326. The Morgan fingerprint density at radius 1 is 1.50 bits per heavy atom. The van der Waals surface area contributed by atoms with Gasteiger partial charge in [0.25, 0.3) is 0 Å². The first kappa shape index (κ1) is 17.4. The van der Waals surface area contributed by atoms with Gasteiger partial charge in [0.05, 0.1) is 0 Å². The van der Waals surface area contributed by atoms with E-state index >= 15 is 0 Å².